The summed E-state index contributed by atoms with van der Waals surface area (Å²) in [6.45, 7) is 0.259. The number of esters is 1. The zero-order valence-electron chi connectivity index (χ0n) is 12.9. The van der Waals surface area contributed by atoms with Crippen molar-refractivity contribution in [2.75, 3.05) is 7.11 Å². The maximum Gasteiger partial charge on any atom is 0.350 e. The fraction of sp³-hybridized carbons (Fsp3) is 0.267. The largest absolute Gasteiger partial charge is 0.468 e. The number of halogens is 3. The number of hydrogen-bond acceptors (Lipinski definition) is 4. The molecule has 2 aromatic rings. The first-order valence-electron chi connectivity index (χ1n) is 6.80. The smallest absolute Gasteiger partial charge is 0.350 e. The molecule has 1 aromatic heterocycles. The summed E-state index contributed by atoms with van der Waals surface area (Å²) in [5.74, 6) is -3.70. The van der Waals surface area contributed by atoms with Crippen LogP contribution in [-0.4, -0.2) is 33.3 Å². The molecule has 0 amide bonds. The van der Waals surface area contributed by atoms with Crippen molar-refractivity contribution in [3.05, 3.63) is 45.8 Å². The van der Waals surface area contributed by atoms with Gasteiger partial charge in [-0.05, 0) is 24.3 Å². The van der Waals surface area contributed by atoms with Crippen molar-refractivity contribution < 1.29 is 18.3 Å². The Bertz CT molecular complexity index is 820. The first-order chi connectivity index (χ1) is 11.2. The summed E-state index contributed by atoms with van der Waals surface area (Å²) in [6, 6.07) is 6.31. The number of ether oxygens (including phenoxy) is 1. The van der Waals surface area contributed by atoms with Crippen LogP contribution in [0.2, 0.25) is 5.02 Å². The number of allylic oxidation sites excluding steroid dienone is 1. The molecule has 6 nitrogen and oxygen atoms in total. The number of hydrogen-bond donors (Lipinski definition) is 0. The van der Waals surface area contributed by atoms with E-state index in [1.54, 1.807) is 24.3 Å². The Hall–Kier alpha value is -2.48. The predicted octanol–water partition coefficient (Wildman–Crippen LogP) is 2.66. The number of rotatable bonds is 5. The van der Waals surface area contributed by atoms with Crippen LogP contribution >= 0.6 is 11.6 Å². The van der Waals surface area contributed by atoms with Crippen LogP contribution in [0, 0.1) is 0 Å². The van der Waals surface area contributed by atoms with E-state index >= 15 is 0 Å². The molecule has 9 heteroatoms. The van der Waals surface area contributed by atoms with Crippen molar-refractivity contribution >= 4 is 23.8 Å². The number of carbonyl (C=O) groups is 1. The molecule has 0 radical (unpaired) electrons. The molecular weight excluding hydrogens is 344 g/mol. The van der Waals surface area contributed by atoms with E-state index in [1.165, 1.54) is 7.11 Å². The van der Waals surface area contributed by atoms with Gasteiger partial charge in [-0.1, -0.05) is 11.6 Å². The van der Waals surface area contributed by atoms with E-state index in [2.05, 4.69) is 9.84 Å². The second-order valence-electron chi connectivity index (χ2n) is 4.99. The van der Waals surface area contributed by atoms with E-state index in [-0.39, 0.29) is 5.82 Å². The number of alkyl halides is 2. The maximum atomic E-state index is 13.1. The van der Waals surface area contributed by atoms with Crippen molar-refractivity contribution in [3.8, 4) is 11.4 Å². The predicted molar refractivity (Wildman–Crippen MR) is 84.9 cm³/mol. The van der Waals surface area contributed by atoms with Gasteiger partial charge in [-0.3, -0.25) is 4.79 Å². The second-order valence-corrected chi connectivity index (χ2v) is 5.43. The molecule has 128 valence electrons. The van der Waals surface area contributed by atoms with E-state index < -0.39 is 24.1 Å². The maximum absolute atomic E-state index is 13.1. The lowest BCUT2D eigenvalue weighted by Crippen LogP contribution is -2.26. The number of aromatic nitrogens is 3. The van der Waals surface area contributed by atoms with E-state index in [4.69, 9.17) is 11.6 Å². The van der Waals surface area contributed by atoms with Crippen molar-refractivity contribution in [3.63, 3.8) is 0 Å². The fourth-order valence-corrected chi connectivity index (χ4v) is 1.97. The second kappa shape index (κ2) is 6.96. The molecular formula is C15H14ClF2N3O3. The molecule has 0 aliphatic rings. The van der Waals surface area contributed by atoms with Gasteiger partial charge in [-0.15, -0.1) is 5.10 Å². The SMILES string of the molecule is COC(=O)Cn1nc(-c2ccc(Cl)cc2)n(C=CC(C)(F)F)c1=O. The normalized spacial score (nSPS) is 11.9. The van der Waals surface area contributed by atoms with E-state index in [9.17, 15) is 18.4 Å². The van der Waals surface area contributed by atoms with Crippen LogP contribution in [0.5, 0.6) is 0 Å². The van der Waals surface area contributed by atoms with Crippen molar-refractivity contribution in [1.29, 1.82) is 0 Å². The lowest BCUT2D eigenvalue weighted by molar-refractivity contribution is -0.141. The van der Waals surface area contributed by atoms with Gasteiger partial charge in [0.15, 0.2) is 5.82 Å². The van der Waals surface area contributed by atoms with Crippen LogP contribution in [0.3, 0.4) is 0 Å². The van der Waals surface area contributed by atoms with Crippen molar-refractivity contribution in [1.82, 2.24) is 14.3 Å². The molecule has 24 heavy (non-hydrogen) atoms. The molecule has 0 unspecified atom stereocenters. The van der Waals surface area contributed by atoms with Crippen molar-refractivity contribution in [2.24, 2.45) is 0 Å². The van der Waals surface area contributed by atoms with Crippen LogP contribution in [0.4, 0.5) is 8.78 Å². The number of methoxy groups -OCH3 is 1. The zero-order valence-corrected chi connectivity index (χ0v) is 13.6. The molecule has 0 N–H and O–H groups in total. The highest BCUT2D eigenvalue weighted by Gasteiger charge is 2.19. The molecule has 0 aliphatic carbocycles. The quantitative estimate of drug-likeness (QED) is 0.772. The Morgan fingerprint density at radius 3 is 2.54 bits per heavy atom. The Kier molecular flexibility index (Phi) is 5.18. The summed E-state index contributed by atoms with van der Waals surface area (Å²) in [5.41, 5.74) is -0.268. The van der Waals surface area contributed by atoms with Gasteiger partial charge < -0.3 is 4.74 Å². The molecule has 0 aliphatic heterocycles. The summed E-state index contributed by atoms with van der Waals surface area (Å²) in [7, 11) is 1.17. The average molecular weight is 358 g/mol. The van der Waals surface area contributed by atoms with Crippen LogP contribution < -0.4 is 5.69 Å². The lowest BCUT2D eigenvalue weighted by Gasteiger charge is -2.04. The summed E-state index contributed by atoms with van der Waals surface area (Å²) >= 11 is 5.82. The first-order valence-corrected chi connectivity index (χ1v) is 7.18. The number of nitrogens with zero attached hydrogens (tertiary/aromatic N) is 3. The van der Waals surface area contributed by atoms with Crippen molar-refractivity contribution in [2.45, 2.75) is 19.4 Å². The molecule has 0 saturated heterocycles. The standard InChI is InChI=1S/C15H14ClF2N3O3/c1-15(17,18)7-8-20-13(10-3-5-11(16)6-4-10)19-21(14(20)23)9-12(22)24-2/h3-8H,9H2,1-2H3. The minimum Gasteiger partial charge on any atom is -0.468 e. The van der Waals surface area contributed by atoms with Gasteiger partial charge in [-0.25, -0.2) is 22.8 Å². The lowest BCUT2D eigenvalue weighted by atomic mass is 10.2. The molecule has 2 rings (SSSR count). The molecule has 1 aromatic carbocycles. The Labute approximate surface area is 140 Å². The molecule has 1 heterocycles. The van der Waals surface area contributed by atoms with Gasteiger partial charge >= 0.3 is 11.7 Å². The highest BCUT2D eigenvalue weighted by atomic mass is 35.5. The summed E-state index contributed by atoms with van der Waals surface area (Å²) in [5, 5.41) is 4.50. The summed E-state index contributed by atoms with van der Waals surface area (Å²) in [4.78, 5) is 23.7. The van der Waals surface area contributed by atoms with E-state index in [1.807, 2.05) is 0 Å². The van der Waals surface area contributed by atoms with Gasteiger partial charge in [0.25, 0.3) is 5.92 Å². The first kappa shape index (κ1) is 17.9. The molecule has 0 atom stereocenters. The van der Waals surface area contributed by atoms with Crippen LogP contribution in [-0.2, 0) is 16.1 Å². The van der Waals surface area contributed by atoms with Gasteiger partial charge in [0.2, 0.25) is 0 Å². The van der Waals surface area contributed by atoms with E-state index in [0.29, 0.717) is 23.6 Å². The molecule has 0 spiro atoms. The Morgan fingerprint density at radius 2 is 2.00 bits per heavy atom. The Morgan fingerprint density at radius 1 is 1.38 bits per heavy atom. The van der Waals surface area contributed by atoms with Crippen LogP contribution in [0.1, 0.15) is 6.92 Å². The third kappa shape index (κ3) is 4.29. The van der Waals surface area contributed by atoms with Gasteiger partial charge in [-0.2, -0.15) is 0 Å². The summed E-state index contributed by atoms with van der Waals surface area (Å²) < 4.78 is 32.4. The Balaban J connectivity index is 2.56. The topological polar surface area (TPSA) is 66.1 Å². The minimum absolute atomic E-state index is 0.0982. The monoisotopic (exact) mass is 357 g/mol. The highest BCUT2D eigenvalue weighted by molar-refractivity contribution is 6.30. The average Bonchev–Trinajstić information content (AvgIpc) is 2.81. The van der Waals surface area contributed by atoms with E-state index in [0.717, 1.165) is 15.4 Å². The van der Waals surface area contributed by atoms with Gasteiger partial charge in [0.1, 0.15) is 6.54 Å². The highest BCUT2D eigenvalue weighted by Crippen LogP contribution is 2.20. The van der Waals surface area contributed by atoms with Gasteiger partial charge in [0.05, 0.1) is 7.11 Å². The molecule has 0 saturated carbocycles. The van der Waals surface area contributed by atoms with Crippen LogP contribution in [0.25, 0.3) is 17.6 Å². The van der Waals surface area contributed by atoms with Gasteiger partial charge in [0, 0.05) is 29.8 Å². The fourth-order valence-electron chi connectivity index (χ4n) is 1.85. The third-order valence-electron chi connectivity index (χ3n) is 3.00. The number of carbonyl (C=O) groups excluding carboxylic acids is 1. The zero-order chi connectivity index (χ0) is 17.9. The molecule has 0 bridgehead atoms. The number of benzene rings is 1. The van der Waals surface area contributed by atoms with Crippen LogP contribution in [0.15, 0.2) is 35.1 Å². The molecule has 0 fully saturated rings. The summed E-state index contributed by atoms with van der Waals surface area (Å²) in [6.07, 6.45) is 1.49. The third-order valence-corrected chi connectivity index (χ3v) is 3.25. The minimum atomic E-state index is -3.11.